The lowest BCUT2D eigenvalue weighted by atomic mass is 10.0. The highest BCUT2D eigenvalue weighted by atomic mass is 16.5. The van der Waals surface area contributed by atoms with Gasteiger partial charge < -0.3 is 20.1 Å². The molecule has 1 saturated heterocycles. The molecule has 2 N–H and O–H groups in total. The second-order valence-corrected chi connectivity index (χ2v) is 7.51. The zero-order valence-electron chi connectivity index (χ0n) is 17.7. The van der Waals surface area contributed by atoms with E-state index in [-0.39, 0.29) is 6.04 Å². The van der Waals surface area contributed by atoms with Gasteiger partial charge in [-0.05, 0) is 57.9 Å². The molecule has 0 spiro atoms. The topological polar surface area (TPSA) is 72.7 Å². The Morgan fingerprint density at radius 3 is 2.74 bits per heavy atom. The molecule has 1 atom stereocenters. The van der Waals surface area contributed by atoms with Crippen molar-refractivity contribution in [2.75, 3.05) is 40.0 Å². The van der Waals surface area contributed by atoms with Crippen LogP contribution in [0.25, 0.3) is 0 Å². The predicted molar refractivity (Wildman–Crippen MR) is 109 cm³/mol. The van der Waals surface area contributed by atoms with Gasteiger partial charge in [0.15, 0.2) is 5.96 Å². The molecule has 2 rings (SSSR count). The molecule has 0 bridgehead atoms. The number of rotatable bonds is 9. The summed E-state index contributed by atoms with van der Waals surface area (Å²) in [5.74, 6) is 1.51. The summed E-state index contributed by atoms with van der Waals surface area (Å²) in [6.07, 6.45) is 4.16. The Morgan fingerprint density at radius 2 is 2.11 bits per heavy atom. The maximum atomic E-state index is 5.81. The Morgan fingerprint density at radius 1 is 1.37 bits per heavy atom. The van der Waals surface area contributed by atoms with Gasteiger partial charge in [-0.25, -0.2) is 0 Å². The fourth-order valence-electron chi connectivity index (χ4n) is 3.44. The number of nitrogens with one attached hydrogen (secondary N) is 2. The molecule has 1 aliphatic heterocycles. The molecule has 1 unspecified atom stereocenters. The van der Waals surface area contributed by atoms with Crippen molar-refractivity contribution in [2.45, 2.75) is 52.5 Å². The number of aromatic nitrogens is 2. The van der Waals surface area contributed by atoms with Gasteiger partial charge in [0.25, 0.3) is 0 Å². The smallest absolute Gasteiger partial charge is 0.191 e. The van der Waals surface area contributed by atoms with Crippen LogP contribution in [0.3, 0.4) is 0 Å². The van der Waals surface area contributed by atoms with Gasteiger partial charge >= 0.3 is 0 Å². The van der Waals surface area contributed by atoms with Crippen LogP contribution in [0.4, 0.5) is 0 Å². The number of nitrogens with zero attached hydrogens (tertiary/aromatic N) is 3. The molecule has 1 fully saturated rings. The standard InChI is InChI=1S/C20H37N5O2/c1-15(13-19-16(2)24-25(5)17(19)3)23-20(21-4)22-9-6-10-27-14-18-7-11-26-12-8-18/h15,18H,6-14H2,1-5H3,(H2,21,22,23). The van der Waals surface area contributed by atoms with Gasteiger partial charge in [-0.2, -0.15) is 5.10 Å². The summed E-state index contributed by atoms with van der Waals surface area (Å²) in [6.45, 7) is 10.6. The zero-order chi connectivity index (χ0) is 19.6. The van der Waals surface area contributed by atoms with Crippen LogP contribution in [0.1, 0.15) is 43.1 Å². The lowest BCUT2D eigenvalue weighted by Crippen LogP contribution is -2.43. The van der Waals surface area contributed by atoms with Crippen LogP contribution in [0.2, 0.25) is 0 Å². The zero-order valence-corrected chi connectivity index (χ0v) is 17.7. The molecule has 0 radical (unpaired) electrons. The summed E-state index contributed by atoms with van der Waals surface area (Å²) in [5, 5.41) is 11.3. The Bertz CT molecular complexity index is 593. The lowest BCUT2D eigenvalue weighted by Gasteiger charge is -2.22. The fraction of sp³-hybridized carbons (Fsp3) is 0.800. The van der Waals surface area contributed by atoms with Crippen molar-refractivity contribution < 1.29 is 9.47 Å². The first-order valence-electron chi connectivity index (χ1n) is 10.1. The lowest BCUT2D eigenvalue weighted by molar-refractivity contribution is 0.0203. The largest absolute Gasteiger partial charge is 0.381 e. The number of aliphatic imine (C=N–C) groups is 1. The van der Waals surface area contributed by atoms with E-state index in [0.717, 1.165) is 70.3 Å². The monoisotopic (exact) mass is 379 g/mol. The second-order valence-electron chi connectivity index (χ2n) is 7.51. The van der Waals surface area contributed by atoms with E-state index < -0.39 is 0 Å². The molecule has 7 heteroatoms. The van der Waals surface area contributed by atoms with Crippen LogP contribution >= 0.6 is 0 Å². The first-order chi connectivity index (χ1) is 13.0. The van der Waals surface area contributed by atoms with Gasteiger partial charge in [0.05, 0.1) is 5.69 Å². The van der Waals surface area contributed by atoms with Crippen molar-refractivity contribution in [3.63, 3.8) is 0 Å². The average molecular weight is 380 g/mol. The Labute approximate surface area is 163 Å². The highest BCUT2D eigenvalue weighted by Gasteiger charge is 2.15. The molecule has 0 aromatic carbocycles. The van der Waals surface area contributed by atoms with Crippen LogP contribution in [-0.4, -0.2) is 61.8 Å². The Hall–Kier alpha value is -1.60. The van der Waals surface area contributed by atoms with E-state index in [2.05, 4.69) is 41.5 Å². The summed E-state index contributed by atoms with van der Waals surface area (Å²) in [7, 11) is 3.80. The van der Waals surface area contributed by atoms with Crippen molar-refractivity contribution in [2.24, 2.45) is 18.0 Å². The highest BCUT2D eigenvalue weighted by Crippen LogP contribution is 2.15. The van der Waals surface area contributed by atoms with Gasteiger partial charge in [0.1, 0.15) is 0 Å². The van der Waals surface area contributed by atoms with Crippen molar-refractivity contribution >= 4 is 5.96 Å². The van der Waals surface area contributed by atoms with Crippen LogP contribution in [0.15, 0.2) is 4.99 Å². The van der Waals surface area contributed by atoms with Crippen molar-refractivity contribution in [1.82, 2.24) is 20.4 Å². The van der Waals surface area contributed by atoms with Crippen molar-refractivity contribution in [3.05, 3.63) is 17.0 Å². The molecular formula is C20H37N5O2. The summed E-state index contributed by atoms with van der Waals surface area (Å²) in [6, 6.07) is 0.280. The molecule has 1 aromatic rings. The number of ether oxygens (including phenoxy) is 2. The van der Waals surface area contributed by atoms with Crippen LogP contribution in [-0.2, 0) is 22.9 Å². The molecule has 1 aliphatic rings. The molecule has 0 aliphatic carbocycles. The van der Waals surface area contributed by atoms with Gasteiger partial charge in [-0.15, -0.1) is 0 Å². The van der Waals surface area contributed by atoms with Gasteiger partial charge in [-0.3, -0.25) is 9.67 Å². The quantitative estimate of drug-likeness (QED) is 0.390. The molecule has 27 heavy (non-hydrogen) atoms. The Balaban J connectivity index is 1.62. The van der Waals surface area contributed by atoms with Gasteiger partial charge in [-0.1, -0.05) is 0 Å². The molecule has 2 heterocycles. The first-order valence-corrected chi connectivity index (χ1v) is 10.1. The maximum absolute atomic E-state index is 5.81. The van der Waals surface area contributed by atoms with E-state index >= 15 is 0 Å². The van der Waals surface area contributed by atoms with Gasteiger partial charge in [0.2, 0.25) is 0 Å². The first kappa shape index (κ1) is 21.7. The van der Waals surface area contributed by atoms with Crippen molar-refractivity contribution in [3.8, 4) is 0 Å². The van der Waals surface area contributed by atoms with Crippen LogP contribution < -0.4 is 10.6 Å². The van der Waals surface area contributed by atoms with E-state index in [1.807, 2.05) is 18.8 Å². The predicted octanol–water partition coefficient (Wildman–Crippen LogP) is 1.97. The maximum Gasteiger partial charge on any atom is 0.191 e. The molecule has 154 valence electrons. The summed E-state index contributed by atoms with van der Waals surface area (Å²) in [4.78, 5) is 4.33. The third-order valence-electron chi connectivity index (χ3n) is 5.23. The van der Waals surface area contributed by atoms with E-state index in [9.17, 15) is 0 Å². The normalized spacial score (nSPS) is 17.1. The molecule has 0 saturated carbocycles. The third-order valence-corrected chi connectivity index (χ3v) is 5.23. The highest BCUT2D eigenvalue weighted by molar-refractivity contribution is 5.79. The fourth-order valence-corrected chi connectivity index (χ4v) is 3.44. The molecule has 1 aromatic heterocycles. The minimum absolute atomic E-state index is 0.280. The van der Waals surface area contributed by atoms with Gasteiger partial charge in [0, 0.05) is 58.8 Å². The molecular weight excluding hydrogens is 342 g/mol. The number of guanidine groups is 1. The van der Waals surface area contributed by atoms with E-state index in [1.54, 1.807) is 0 Å². The van der Waals surface area contributed by atoms with Crippen LogP contribution in [0, 0.1) is 19.8 Å². The third kappa shape index (κ3) is 7.14. The Kier molecular flexibility index (Phi) is 9.07. The SMILES string of the molecule is CN=C(NCCCOCC1CCOCC1)NC(C)Cc1c(C)nn(C)c1C. The van der Waals surface area contributed by atoms with E-state index in [0.29, 0.717) is 5.92 Å². The number of aryl methyl sites for hydroxylation is 2. The number of hydrogen-bond acceptors (Lipinski definition) is 4. The molecule has 7 nitrogen and oxygen atoms in total. The minimum atomic E-state index is 0.280. The van der Waals surface area contributed by atoms with Crippen molar-refractivity contribution in [1.29, 1.82) is 0 Å². The van der Waals surface area contributed by atoms with E-state index in [1.165, 1.54) is 11.3 Å². The number of hydrogen-bond donors (Lipinski definition) is 2. The summed E-state index contributed by atoms with van der Waals surface area (Å²) < 4.78 is 13.1. The second kappa shape index (κ2) is 11.3. The summed E-state index contributed by atoms with van der Waals surface area (Å²) in [5.41, 5.74) is 3.65. The van der Waals surface area contributed by atoms with Crippen LogP contribution in [0.5, 0.6) is 0 Å². The summed E-state index contributed by atoms with van der Waals surface area (Å²) >= 11 is 0. The minimum Gasteiger partial charge on any atom is -0.381 e. The molecule has 0 amide bonds. The average Bonchev–Trinajstić information content (AvgIpc) is 2.90. The van der Waals surface area contributed by atoms with E-state index in [4.69, 9.17) is 9.47 Å².